The van der Waals surface area contributed by atoms with Gasteiger partial charge in [0, 0.05) is 6.42 Å². The Morgan fingerprint density at radius 2 is 0.545 bits per heavy atom. The normalized spacial score (nSPS) is 13.4. The van der Waals surface area contributed by atoms with Gasteiger partial charge in [-0.05, 0) is 12.8 Å². The summed E-state index contributed by atoms with van der Waals surface area (Å²) in [5.41, 5.74) is 0. The Labute approximate surface area is 552 Å². The van der Waals surface area contributed by atoms with Crippen LogP contribution in [-0.2, 0) is 18.4 Å². The van der Waals surface area contributed by atoms with Gasteiger partial charge >= 0.3 is 7.82 Å². The maximum Gasteiger partial charge on any atom is 0.472 e. The third-order valence-corrected chi connectivity index (χ3v) is 20.3. The van der Waals surface area contributed by atoms with Gasteiger partial charge in [-0.1, -0.05) is 431 Å². The van der Waals surface area contributed by atoms with Crippen LogP contribution in [0.15, 0.2) is 0 Å². The number of unbranched alkanes of at least 4 members (excludes halogenated alkanes) is 64. The van der Waals surface area contributed by atoms with Gasteiger partial charge in [-0.2, -0.15) is 0 Å². The largest absolute Gasteiger partial charge is 0.472 e. The minimum absolute atomic E-state index is 0.0796. The van der Waals surface area contributed by atoms with Crippen molar-refractivity contribution in [2.24, 2.45) is 0 Å². The van der Waals surface area contributed by atoms with E-state index < -0.39 is 20.0 Å². The van der Waals surface area contributed by atoms with Crippen LogP contribution in [0.1, 0.15) is 450 Å². The molecule has 0 radical (unpaired) electrons. The topological polar surface area (TPSA) is 105 Å². The van der Waals surface area contributed by atoms with Crippen LogP contribution in [0.5, 0.6) is 0 Å². The van der Waals surface area contributed by atoms with Gasteiger partial charge in [0.05, 0.1) is 39.9 Å². The second kappa shape index (κ2) is 70.8. The molecule has 0 aliphatic carbocycles. The molecule has 0 aliphatic rings. The fourth-order valence-corrected chi connectivity index (χ4v) is 13.9. The SMILES string of the molecule is CCCCCCCCCCCCCCCCCCCCCCCCCCCCCCCCCCCCCCCCC(=O)NC(COP(=O)(O)OCC[N+](C)(C)C)C(O)CCCCCCCCCCCCCCCCCCCCCCCCCCCCCC. The van der Waals surface area contributed by atoms with E-state index in [9.17, 15) is 19.4 Å². The quantitative estimate of drug-likeness (QED) is 0.0318. The fraction of sp³-hybridized carbons (Fsp3) is 0.987. The van der Waals surface area contributed by atoms with Crippen LogP contribution in [0.4, 0.5) is 0 Å². The van der Waals surface area contributed by atoms with Crippen LogP contribution in [0.3, 0.4) is 0 Å². The van der Waals surface area contributed by atoms with Crippen molar-refractivity contribution in [3.63, 3.8) is 0 Å². The van der Waals surface area contributed by atoms with Gasteiger partial charge in [-0.25, -0.2) is 4.57 Å². The number of hydrogen-bond acceptors (Lipinski definition) is 5. The number of likely N-dealkylation sites (N-methyl/N-ethyl adjacent to an activating group) is 1. The predicted octanol–water partition coefficient (Wildman–Crippen LogP) is 26.2. The van der Waals surface area contributed by atoms with Crippen LogP contribution in [0.2, 0.25) is 0 Å². The molecule has 0 saturated carbocycles. The Morgan fingerprint density at radius 1 is 0.341 bits per heavy atom. The van der Waals surface area contributed by atoms with Crippen LogP contribution in [-0.4, -0.2) is 73.4 Å². The third kappa shape index (κ3) is 72.9. The number of phosphoric acid groups is 1. The van der Waals surface area contributed by atoms with E-state index >= 15 is 0 Å². The molecule has 8 nitrogen and oxygen atoms in total. The van der Waals surface area contributed by atoms with Crippen molar-refractivity contribution >= 4 is 13.7 Å². The lowest BCUT2D eigenvalue weighted by atomic mass is 10.0. The molecular weight excluding hydrogens is 1100 g/mol. The lowest BCUT2D eigenvalue weighted by Crippen LogP contribution is -2.46. The highest BCUT2D eigenvalue weighted by Gasteiger charge is 2.28. The number of carbonyl (C=O) groups excluding carboxylic acids is 1. The van der Waals surface area contributed by atoms with E-state index in [1.807, 2.05) is 21.1 Å². The minimum atomic E-state index is -4.33. The van der Waals surface area contributed by atoms with Gasteiger partial charge in [-0.15, -0.1) is 0 Å². The molecule has 0 aromatic carbocycles. The third-order valence-electron chi connectivity index (χ3n) is 19.4. The Balaban J connectivity index is 3.87. The number of aliphatic hydroxyl groups is 1. The fourth-order valence-electron chi connectivity index (χ4n) is 13.1. The zero-order valence-corrected chi connectivity index (χ0v) is 61.7. The number of nitrogens with zero attached hydrogens (tertiary/aromatic N) is 1. The molecular formula is C79H162N2O6P+. The highest BCUT2D eigenvalue weighted by molar-refractivity contribution is 7.47. The van der Waals surface area contributed by atoms with Crippen LogP contribution >= 0.6 is 7.82 Å². The highest BCUT2D eigenvalue weighted by atomic mass is 31.2. The first-order valence-corrected chi connectivity index (χ1v) is 41.9. The summed E-state index contributed by atoms with van der Waals surface area (Å²) < 4.78 is 24.0. The molecule has 0 spiro atoms. The summed E-state index contributed by atoms with van der Waals surface area (Å²) in [6.45, 7) is 4.98. The van der Waals surface area contributed by atoms with Crippen molar-refractivity contribution < 1.29 is 32.9 Å². The van der Waals surface area contributed by atoms with Crippen molar-refractivity contribution in [2.45, 2.75) is 463 Å². The molecule has 3 atom stereocenters. The van der Waals surface area contributed by atoms with E-state index in [1.165, 1.54) is 385 Å². The van der Waals surface area contributed by atoms with Crippen molar-refractivity contribution in [1.29, 1.82) is 0 Å². The molecule has 0 aliphatic heterocycles. The zero-order valence-electron chi connectivity index (χ0n) is 60.8. The Bertz CT molecular complexity index is 1390. The summed E-state index contributed by atoms with van der Waals surface area (Å²) in [4.78, 5) is 23.5. The smallest absolute Gasteiger partial charge is 0.391 e. The summed E-state index contributed by atoms with van der Waals surface area (Å²) in [5.74, 6) is -0.131. The van der Waals surface area contributed by atoms with Crippen LogP contribution in [0, 0.1) is 0 Å². The maximum absolute atomic E-state index is 13.1. The average Bonchev–Trinajstić information content (AvgIpc) is 3.70. The lowest BCUT2D eigenvalue weighted by Gasteiger charge is -2.26. The molecule has 88 heavy (non-hydrogen) atoms. The van der Waals surface area contributed by atoms with E-state index in [-0.39, 0.29) is 19.1 Å². The van der Waals surface area contributed by atoms with Crippen molar-refractivity contribution in [2.75, 3.05) is 40.9 Å². The molecule has 0 rings (SSSR count). The summed E-state index contributed by atoms with van der Waals surface area (Å²) in [7, 11) is 1.65. The maximum atomic E-state index is 13.1. The molecule has 0 heterocycles. The highest BCUT2D eigenvalue weighted by Crippen LogP contribution is 2.43. The first kappa shape index (κ1) is 87.5. The summed E-state index contributed by atoms with van der Waals surface area (Å²) >= 11 is 0. The Hall–Kier alpha value is -0.500. The van der Waals surface area contributed by atoms with Gasteiger partial charge in [0.2, 0.25) is 5.91 Å². The standard InChI is InChI=1S/C79H161N2O6P/c1-6-8-10-12-14-16-18-20-22-24-26-28-30-32-34-36-37-38-39-40-41-42-43-44-45-47-49-51-53-55-57-59-61-63-65-67-69-71-73-79(83)80-77(76-87-88(84,85)86-75-74-81(3,4)5)78(82)72-70-68-66-64-62-60-58-56-54-52-50-48-46-35-33-31-29-27-25-23-21-19-17-15-13-11-9-7-2/h77-78,82H,6-76H2,1-5H3,(H-,80,83,84,85)/p+1. The number of nitrogens with one attached hydrogen (secondary N) is 1. The number of rotatable bonds is 77. The Kier molecular flexibility index (Phi) is 70.4. The molecule has 0 fully saturated rings. The second-order valence-corrected chi connectivity index (χ2v) is 31.0. The molecule has 9 heteroatoms. The molecule has 1 amide bonds. The predicted molar refractivity (Wildman–Crippen MR) is 388 cm³/mol. The van der Waals surface area contributed by atoms with Crippen molar-refractivity contribution in [3.8, 4) is 0 Å². The van der Waals surface area contributed by atoms with E-state index in [2.05, 4.69) is 19.2 Å². The van der Waals surface area contributed by atoms with Crippen LogP contribution in [0.25, 0.3) is 0 Å². The number of amides is 1. The lowest BCUT2D eigenvalue weighted by molar-refractivity contribution is -0.870. The molecule has 0 saturated heterocycles. The zero-order chi connectivity index (χ0) is 64.1. The van der Waals surface area contributed by atoms with Gasteiger partial charge in [0.15, 0.2) is 0 Å². The monoisotopic (exact) mass is 1270 g/mol. The molecule has 0 aromatic rings. The molecule has 0 bridgehead atoms. The first-order chi connectivity index (χ1) is 43.0. The van der Waals surface area contributed by atoms with Crippen molar-refractivity contribution in [3.05, 3.63) is 0 Å². The van der Waals surface area contributed by atoms with E-state index in [0.717, 1.165) is 38.5 Å². The first-order valence-electron chi connectivity index (χ1n) is 40.4. The average molecular weight is 1270 g/mol. The summed E-state index contributed by atoms with van der Waals surface area (Å²) in [5, 5.41) is 14.2. The number of hydrogen-bond donors (Lipinski definition) is 3. The molecule has 0 aromatic heterocycles. The van der Waals surface area contributed by atoms with E-state index in [4.69, 9.17) is 9.05 Å². The van der Waals surface area contributed by atoms with Crippen molar-refractivity contribution in [1.82, 2.24) is 5.32 Å². The minimum Gasteiger partial charge on any atom is -0.391 e. The van der Waals surface area contributed by atoms with E-state index in [0.29, 0.717) is 23.9 Å². The van der Waals surface area contributed by atoms with Gasteiger partial charge in [-0.3, -0.25) is 13.8 Å². The number of phosphoric ester groups is 1. The van der Waals surface area contributed by atoms with Gasteiger partial charge < -0.3 is 19.8 Å². The second-order valence-electron chi connectivity index (χ2n) is 29.5. The number of aliphatic hydroxyl groups excluding tert-OH is 1. The van der Waals surface area contributed by atoms with Gasteiger partial charge in [0.25, 0.3) is 0 Å². The summed E-state index contributed by atoms with van der Waals surface area (Å²) in [6.07, 6.45) is 91.2. The van der Waals surface area contributed by atoms with Gasteiger partial charge in [0.1, 0.15) is 13.2 Å². The van der Waals surface area contributed by atoms with E-state index in [1.54, 1.807) is 0 Å². The summed E-state index contributed by atoms with van der Waals surface area (Å²) in [6, 6.07) is -0.758. The Morgan fingerprint density at radius 3 is 0.761 bits per heavy atom. The number of quaternary nitrogens is 1. The molecule has 3 unspecified atom stereocenters. The molecule has 528 valence electrons. The van der Waals surface area contributed by atoms with Crippen LogP contribution < -0.4 is 5.32 Å². The number of carbonyl (C=O) groups is 1. The molecule has 3 N–H and O–H groups in total.